The Morgan fingerprint density at radius 3 is 2.06 bits per heavy atom. The Bertz CT molecular complexity index is 305. The van der Waals surface area contributed by atoms with Crippen LogP contribution >= 0.6 is 7.29 Å². The Morgan fingerprint density at radius 2 is 1.81 bits per heavy atom. The highest BCUT2D eigenvalue weighted by Gasteiger charge is 2.76. The van der Waals surface area contributed by atoms with Gasteiger partial charge in [0.15, 0.2) is 5.78 Å². The van der Waals surface area contributed by atoms with Gasteiger partial charge in [-0.2, -0.15) is 0 Å². The van der Waals surface area contributed by atoms with Gasteiger partial charge in [-0.3, -0.25) is 8.82 Å². The van der Waals surface area contributed by atoms with Crippen molar-refractivity contribution >= 4 is 14.5 Å². The molecular formula is C8H17BF4NOP. The molecule has 2 heterocycles. The Hall–Kier alpha value is -0.0251. The molecule has 0 spiro atoms. The largest absolute Gasteiger partial charge is 0.673 e. The van der Waals surface area contributed by atoms with E-state index in [2.05, 4.69) is 13.8 Å². The molecule has 2 rings (SSSR count). The lowest BCUT2D eigenvalue weighted by molar-refractivity contribution is -0.740. The summed E-state index contributed by atoms with van der Waals surface area (Å²) in [6, 6.07) is 0. The maximum absolute atomic E-state index is 12.2. The predicted octanol–water partition coefficient (Wildman–Crippen LogP) is 3.55. The molecule has 2 saturated heterocycles. The molecule has 0 bridgehead atoms. The van der Waals surface area contributed by atoms with Crippen LogP contribution in [-0.4, -0.2) is 36.5 Å². The van der Waals surface area contributed by atoms with Gasteiger partial charge >= 0.3 is 14.5 Å². The molecule has 2 nitrogen and oxygen atoms in total. The minimum Gasteiger partial charge on any atom is -0.418 e. The monoisotopic (exact) mass is 261 g/mol. The zero-order valence-corrected chi connectivity index (χ0v) is 10.4. The molecular weight excluding hydrogens is 244 g/mol. The second-order valence-electron chi connectivity index (χ2n) is 4.22. The Balaban J connectivity index is 0.000000221. The second kappa shape index (κ2) is 4.33. The van der Waals surface area contributed by atoms with Gasteiger partial charge < -0.3 is 17.3 Å². The van der Waals surface area contributed by atoms with Crippen LogP contribution in [0.4, 0.5) is 17.3 Å². The van der Waals surface area contributed by atoms with E-state index in [9.17, 15) is 21.8 Å². The van der Waals surface area contributed by atoms with Crippen molar-refractivity contribution in [1.82, 2.24) is 0 Å². The van der Waals surface area contributed by atoms with Gasteiger partial charge in [0.05, 0.1) is 19.3 Å². The number of hydrogen-bond donors (Lipinski definition) is 0. The van der Waals surface area contributed by atoms with Crippen LogP contribution < -0.4 is 0 Å². The van der Waals surface area contributed by atoms with E-state index in [0.29, 0.717) is 5.78 Å². The number of hydrogen-bond acceptors (Lipinski definition) is 1. The molecule has 2 aliphatic heterocycles. The molecule has 0 N–H and O–H groups in total. The van der Waals surface area contributed by atoms with Gasteiger partial charge in [0.25, 0.3) is 0 Å². The molecule has 3 atom stereocenters. The van der Waals surface area contributed by atoms with Crippen molar-refractivity contribution in [3.8, 4) is 0 Å². The van der Waals surface area contributed by atoms with Crippen LogP contribution in [0, 0.1) is 0 Å². The first-order valence-corrected chi connectivity index (χ1v) is 7.46. The molecule has 96 valence electrons. The molecule has 0 aliphatic carbocycles. The van der Waals surface area contributed by atoms with E-state index in [-0.39, 0.29) is 0 Å². The van der Waals surface area contributed by atoms with Gasteiger partial charge in [0, 0.05) is 12.8 Å². The molecule has 3 unspecified atom stereocenters. The van der Waals surface area contributed by atoms with E-state index in [0.717, 1.165) is 17.0 Å². The van der Waals surface area contributed by atoms with Gasteiger partial charge in [-0.25, -0.2) is 0 Å². The van der Waals surface area contributed by atoms with Crippen LogP contribution in [-0.2, 0) is 4.57 Å². The fraction of sp³-hybridized carbons (Fsp3) is 1.00. The molecule has 0 saturated carbocycles. The molecule has 2 fully saturated rings. The molecule has 0 aromatic carbocycles. The van der Waals surface area contributed by atoms with E-state index >= 15 is 0 Å². The topological polar surface area (TPSA) is 17.1 Å². The van der Waals surface area contributed by atoms with Crippen LogP contribution in [0.2, 0.25) is 0 Å². The van der Waals surface area contributed by atoms with Crippen molar-refractivity contribution in [1.29, 1.82) is 0 Å². The lowest BCUT2D eigenvalue weighted by Gasteiger charge is -2.13. The van der Waals surface area contributed by atoms with E-state index in [4.69, 9.17) is 0 Å². The van der Waals surface area contributed by atoms with Crippen LogP contribution in [0.5, 0.6) is 0 Å². The van der Waals surface area contributed by atoms with E-state index in [1.54, 1.807) is 0 Å². The summed E-state index contributed by atoms with van der Waals surface area (Å²) in [7, 11) is -7.70. The summed E-state index contributed by atoms with van der Waals surface area (Å²) in [6.07, 6.45) is 3.48. The zero-order chi connectivity index (χ0) is 12.6. The van der Waals surface area contributed by atoms with E-state index in [1.165, 1.54) is 19.4 Å². The average molecular weight is 261 g/mol. The Kier molecular flexibility index (Phi) is 3.80. The number of fused-ring (bicyclic) bond motifs is 1. The highest BCUT2D eigenvalue weighted by Crippen LogP contribution is 2.82. The van der Waals surface area contributed by atoms with Gasteiger partial charge in [-0.05, 0) is 6.92 Å². The van der Waals surface area contributed by atoms with Gasteiger partial charge in [-0.1, -0.05) is 6.92 Å². The fourth-order valence-corrected chi connectivity index (χ4v) is 7.38. The van der Waals surface area contributed by atoms with Crippen LogP contribution in [0.3, 0.4) is 0 Å². The SMILES string of the molecule is CC[N+]12CCCC1P2(=O)CC.F[B-](F)(F)F. The number of halogens is 4. The summed E-state index contributed by atoms with van der Waals surface area (Å²) >= 11 is 0. The quantitative estimate of drug-likeness (QED) is 0.321. The van der Waals surface area contributed by atoms with Crippen molar-refractivity contribution < 1.29 is 26.1 Å². The average Bonchev–Trinajstić information content (AvgIpc) is 2.52. The number of nitrogens with zero attached hydrogens (tertiary/aromatic N) is 1. The van der Waals surface area contributed by atoms with E-state index < -0.39 is 14.5 Å². The molecule has 0 aromatic heterocycles. The van der Waals surface area contributed by atoms with Crippen molar-refractivity contribution in [2.24, 2.45) is 0 Å². The molecule has 0 radical (unpaired) electrons. The first-order valence-electron chi connectivity index (χ1n) is 5.54. The minimum atomic E-state index is -6.00. The van der Waals surface area contributed by atoms with Crippen LogP contribution in [0.25, 0.3) is 0 Å². The van der Waals surface area contributed by atoms with Crippen molar-refractivity contribution in [2.75, 3.05) is 19.3 Å². The maximum Gasteiger partial charge on any atom is 0.673 e. The minimum absolute atomic E-state index is 0.595. The molecule has 2 aliphatic rings. The van der Waals surface area contributed by atoms with Crippen LogP contribution in [0.1, 0.15) is 26.7 Å². The number of quaternary nitrogens is 1. The third-order valence-electron chi connectivity index (χ3n) is 3.65. The highest BCUT2D eigenvalue weighted by molar-refractivity contribution is 7.64. The smallest absolute Gasteiger partial charge is 0.418 e. The summed E-state index contributed by atoms with van der Waals surface area (Å²) in [5.74, 6) is 0.595. The van der Waals surface area contributed by atoms with Gasteiger partial charge in [0.1, 0.15) is 0 Å². The summed E-state index contributed by atoms with van der Waals surface area (Å²) in [4.78, 5) is 0. The lowest BCUT2D eigenvalue weighted by atomic mass is 10.3. The maximum atomic E-state index is 12.2. The van der Waals surface area contributed by atoms with Gasteiger partial charge in [0.2, 0.25) is 0 Å². The molecule has 8 heteroatoms. The van der Waals surface area contributed by atoms with Gasteiger partial charge in [-0.15, -0.1) is 0 Å². The molecule has 0 aromatic rings. The summed E-state index contributed by atoms with van der Waals surface area (Å²) in [6.45, 7) is 6.59. The second-order valence-corrected chi connectivity index (χ2v) is 7.75. The van der Waals surface area contributed by atoms with Crippen molar-refractivity contribution in [2.45, 2.75) is 32.5 Å². The first kappa shape index (κ1) is 14.0. The standard InChI is InChI=1S/C8H17NOP.BF4/c1-3-9-7-5-6-8(9)11(9,10)4-2;2-1(3,4)5/h8H,3-7H2,1-2H3;/q+1;-1. The molecule has 16 heavy (non-hydrogen) atoms. The summed E-state index contributed by atoms with van der Waals surface area (Å²) in [5.41, 5.74) is 0. The van der Waals surface area contributed by atoms with Crippen LogP contribution in [0.15, 0.2) is 0 Å². The first-order chi connectivity index (χ1) is 7.21. The Morgan fingerprint density at radius 1 is 1.31 bits per heavy atom. The summed E-state index contributed by atoms with van der Waals surface area (Å²) in [5, 5.41) is 0. The molecule has 0 amide bonds. The normalized spacial score (nSPS) is 41.0. The van der Waals surface area contributed by atoms with E-state index in [1.807, 2.05) is 0 Å². The Labute approximate surface area is 93.1 Å². The lowest BCUT2D eigenvalue weighted by Crippen LogP contribution is -2.23. The number of rotatable bonds is 2. The van der Waals surface area contributed by atoms with Crippen molar-refractivity contribution in [3.05, 3.63) is 0 Å². The predicted molar refractivity (Wildman–Crippen MR) is 57.0 cm³/mol. The zero-order valence-electron chi connectivity index (χ0n) is 9.50. The van der Waals surface area contributed by atoms with Crippen molar-refractivity contribution in [3.63, 3.8) is 0 Å². The highest BCUT2D eigenvalue weighted by atomic mass is 31.2. The third-order valence-corrected chi connectivity index (χ3v) is 8.06. The third kappa shape index (κ3) is 2.30. The fourth-order valence-electron chi connectivity index (χ4n) is 2.98. The summed E-state index contributed by atoms with van der Waals surface area (Å²) < 4.78 is 52.2.